The lowest BCUT2D eigenvalue weighted by molar-refractivity contribution is 0.276. The summed E-state index contributed by atoms with van der Waals surface area (Å²) in [7, 11) is 0. The van der Waals surface area contributed by atoms with Gasteiger partial charge in [0.1, 0.15) is 0 Å². The van der Waals surface area contributed by atoms with Crippen molar-refractivity contribution >= 4 is 11.6 Å². The molecule has 0 aliphatic carbocycles. The van der Waals surface area contributed by atoms with E-state index in [0.717, 1.165) is 17.7 Å². The zero-order chi connectivity index (χ0) is 17.4. The first-order valence-electron chi connectivity index (χ1n) is 8.52. The maximum Gasteiger partial charge on any atom is 0.162 e. The van der Waals surface area contributed by atoms with Crippen molar-refractivity contribution in [2.24, 2.45) is 0 Å². The number of halogens is 1. The van der Waals surface area contributed by atoms with Gasteiger partial charge in [-0.05, 0) is 37.5 Å². The van der Waals surface area contributed by atoms with Gasteiger partial charge in [0.05, 0.1) is 13.2 Å². The van der Waals surface area contributed by atoms with E-state index in [0.29, 0.717) is 30.5 Å². The van der Waals surface area contributed by atoms with E-state index < -0.39 is 0 Å². The van der Waals surface area contributed by atoms with Crippen LogP contribution >= 0.6 is 11.6 Å². The summed E-state index contributed by atoms with van der Waals surface area (Å²) < 4.78 is 11.4. The maximum atomic E-state index is 6.43. The third-order valence-electron chi connectivity index (χ3n) is 3.77. The zero-order valence-electron chi connectivity index (χ0n) is 14.6. The highest BCUT2D eigenvalue weighted by Crippen LogP contribution is 2.34. The minimum atomic E-state index is 0.244. The van der Waals surface area contributed by atoms with Gasteiger partial charge in [-0.1, -0.05) is 48.9 Å². The van der Waals surface area contributed by atoms with Gasteiger partial charge < -0.3 is 14.8 Å². The van der Waals surface area contributed by atoms with Gasteiger partial charge in [0.15, 0.2) is 11.5 Å². The lowest BCUT2D eigenvalue weighted by Gasteiger charge is -2.17. The molecule has 0 aromatic heterocycles. The second-order valence-corrected chi connectivity index (χ2v) is 6.09. The van der Waals surface area contributed by atoms with Gasteiger partial charge in [-0.3, -0.25) is 0 Å². The Morgan fingerprint density at radius 1 is 1.04 bits per heavy atom. The Morgan fingerprint density at radius 2 is 1.75 bits per heavy atom. The van der Waals surface area contributed by atoms with Crippen molar-refractivity contribution in [2.45, 2.75) is 39.8 Å². The average molecular weight is 348 g/mol. The molecule has 1 atom stereocenters. The van der Waals surface area contributed by atoms with Crippen LogP contribution < -0.4 is 14.8 Å². The summed E-state index contributed by atoms with van der Waals surface area (Å²) >= 11 is 6.43. The summed E-state index contributed by atoms with van der Waals surface area (Å²) in [6.45, 7) is 8.10. The van der Waals surface area contributed by atoms with Gasteiger partial charge >= 0.3 is 0 Å². The van der Waals surface area contributed by atoms with Crippen molar-refractivity contribution in [1.82, 2.24) is 5.32 Å². The van der Waals surface area contributed by atoms with E-state index in [1.807, 2.05) is 37.3 Å². The number of hydrogen-bond acceptors (Lipinski definition) is 3. The smallest absolute Gasteiger partial charge is 0.162 e. The van der Waals surface area contributed by atoms with Gasteiger partial charge in [-0.25, -0.2) is 0 Å². The molecule has 0 amide bonds. The number of nitrogens with one attached hydrogen (secondary N) is 1. The number of ether oxygens (including phenoxy) is 2. The molecule has 0 bridgehead atoms. The lowest BCUT2D eigenvalue weighted by Crippen LogP contribution is -2.18. The minimum absolute atomic E-state index is 0.244. The Morgan fingerprint density at radius 3 is 2.42 bits per heavy atom. The second-order valence-electron chi connectivity index (χ2n) is 5.69. The van der Waals surface area contributed by atoms with Crippen LogP contribution in [0.5, 0.6) is 11.5 Å². The molecule has 24 heavy (non-hydrogen) atoms. The second kappa shape index (κ2) is 9.55. The molecule has 1 unspecified atom stereocenters. The van der Waals surface area contributed by atoms with E-state index in [2.05, 4.69) is 31.3 Å². The largest absolute Gasteiger partial charge is 0.490 e. The van der Waals surface area contributed by atoms with E-state index >= 15 is 0 Å². The highest BCUT2D eigenvalue weighted by molar-refractivity contribution is 6.31. The summed E-state index contributed by atoms with van der Waals surface area (Å²) in [5, 5.41) is 4.20. The lowest BCUT2D eigenvalue weighted by atomic mass is 10.1. The molecule has 4 heteroatoms. The van der Waals surface area contributed by atoms with Crippen molar-refractivity contribution in [3.63, 3.8) is 0 Å². The summed E-state index contributed by atoms with van der Waals surface area (Å²) in [6.07, 6.45) is 0.946. The normalized spacial score (nSPS) is 12.0. The van der Waals surface area contributed by atoms with Crippen LogP contribution in [0.3, 0.4) is 0 Å². The Labute approximate surface area is 149 Å². The van der Waals surface area contributed by atoms with Gasteiger partial charge in [-0.2, -0.15) is 0 Å². The predicted molar refractivity (Wildman–Crippen MR) is 100 cm³/mol. The first kappa shape index (κ1) is 18.6. The van der Waals surface area contributed by atoms with Crippen LogP contribution in [0.2, 0.25) is 5.02 Å². The molecule has 2 aromatic carbocycles. The summed E-state index contributed by atoms with van der Waals surface area (Å²) in [6, 6.07) is 14.4. The highest BCUT2D eigenvalue weighted by atomic mass is 35.5. The van der Waals surface area contributed by atoms with E-state index in [1.54, 1.807) is 0 Å². The molecular weight excluding hydrogens is 322 g/mol. The first-order valence-corrected chi connectivity index (χ1v) is 8.89. The van der Waals surface area contributed by atoms with E-state index in [1.165, 1.54) is 5.56 Å². The zero-order valence-corrected chi connectivity index (χ0v) is 15.4. The van der Waals surface area contributed by atoms with Crippen molar-refractivity contribution < 1.29 is 9.47 Å². The fourth-order valence-electron chi connectivity index (χ4n) is 2.43. The van der Waals surface area contributed by atoms with E-state index in [9.17, 15) is 0 Å². The molecule has 0 saturated heterocycles. The monoisotopic (exact) mass is 347 g/mol. The summed E-state index contributed by atoms with van der Waals surface area (Å²) in [5.41, 5.74) is 2.26. The van der Waals surface area contributed by atoms with Crippen molar-refractivity contribution in [3.8, 4) is 11.5 Å². The standard InChI is InChI=1S/C20H26ClNO2/c1-4-11-24-20-13-18(21)17(12-19(20)23-5-2)14-22-15(3)16-9-7-6-8-10-16/h6-10,12-13,15,22H,4-5,11,14H2,1-3H3. The summed E-state index contributed by atoms with van der Waals surface area (Å²) in [4.78, 5) is 0. The highest BCUT2D eigenvalue weighted by Gasteiger charge is 2.12. The van der Waals surface area contributed by atoms with Crippen LogP contribution in [0.15, 0.2) is 42.5 Å². The van der Waals surface area contributed by atoms with Crippen LogP contribution in [-0.2, 0) is 6.54 Å². The molecule has 2 rings (SSSR count). The van der Waals surface area contributed by atoms with Crippen molar-refractivity contribution in [1.29, 1.82) is 0 Å². The Bertz CT molecular complexity index is 631. The molecule has 0 fully saturated rings. The molecule has 1 N–H and O–H groups in total. The summed E-state index contributed by atoms with van der Waals surface area (Å²) in [5.74, 6) is 1.46. The van der Waals surface area contributed by atoms with Crippen LogP contribution in [0.1, 0.15) is 44.4 Å². The molecule has 0 aliphatic rings. The molecule has 0 heterocycles. The van der Waals surface area contributed by atoms with Crippen molar-refractivity contribution in [2.75, 3.05) is 13.2 Å². The van der Waals surface area contributed by atoms with Crippen LogP contribution in [0.25, 0.3) is 0 Å². The van der Waals surface area contributed by atoms with Gasteiger partial charge in [0, 0.05) is 23.7 Å². The molecular formula is C20H26ClNO2. The predicted octanol–water partition coefficient (Wildman–Crippen LogP) is 5.38. The van der Waals surface area contributed by atoms with E-state index in [-0.39, 0.29) is 6.04 Å². The Kier molecular flexibility index (Phi) is 7.41. The molecule has 130 valence electrons. The van der Waals surface area contributed by atoms with Gasteiger partial charge in [-0.15, -0.1) is 0 Å². The molecule has 0 saturated carbocycles. The van der Waals surface area contributed by atoms with Gasteiger partial charge in [0.25, 0.3) is 0 Å². The van der Waals surface area contributed by atoms with Crippen molar-refractivity contribution in [3.05, 3.63) is 58.6 Å². The first-order chi connectivity index (χ1) is 11.7. The molecule has 3 nitrogen and oxygen atoms in total. The van der Waals surface area contributed by atoms with E-state index in [4.69, 9.17) is 21.1 Å². The Hall–Kier alpha value is -1.71. The fraction of sp³-hybridized carbons (Fsp3) is 0.400. The van der Waals surface area contributed by atoms with Gasteiger partial charge in [0.2, 0.25) is 0 Å². The molecule has 2 aromatic rings. The fourth-order valence-corrected chi connectivity index (χ4v) is 2.65. The average Bonchev–Trinajstić information content (AvgIpc) is 2.61. The van der Waals surface area contributed by atoms with Crippen LogP contribution in [0.4, 0.5) is 0 Å². The quantitative estimate of drug-likeness (QED) is 0.660. The third-order valence-corrected chi connectivity index (χ3v) is 4.12. The Balaban J connectivity index is 2.10. The maximum absolute atomic E-state index is 6.43. The SMILES string of the molecule is CCCOc1cc(Cl)c(CNC(C)c2ccccc2)cc1OCC. The molecule has 0 spiro atoms. The molecule has 0 aliphatic heterocycles. The van der Waals surface area contributed by atoms with Crippen LogP contribution in [-0.4, -0.2) is 13.2 Å². The third kappa shape index (κ3) is 5.15. The molecule has 0 radical (unpaired) electrons. The van der Waals surface area contributed by atoms with Crippen LogP contribution in [0, 0.1) is 0 Å². The number of rotatable bonds is 9. The topological polar surface area (TPSA) is 30.5 Å². The number of hydrogen-bond donors (Lipinski definition) is 1. The number of benzene rings is 2. The minimum Gasteiger partial charge on any atom is -0.490 e.